The third-order valence-electron chi connectivity index (χ3n) is 4.48. The van der Waals surface area contributed by atoms with Crippen LogP contribution in [-0.4, -0.2) is 24.0 Å². The number of nitrogens with zero attached hydrogens (tertiary/aromatic N) is 1. The number of halogens is 2. The first kappa shape index (κ1) is 23.4. The summed E-state index contributed by atoms with van der Waals surface area (Å²) < 4.78 is 6.34. The molecule has 4 rings (SSSR count). The molecule has 0 aliphatic heterocycles. The van der Waals surface area contributed by atoms with Crippen molar-refractivity contribution in [2.75, 3.05) is 5.32 Å². The molecule has 170 valence electrons. The Morgan fingerprint density at radius 1 is 0.912 bits per heavy atom. The minimum atomic E-state index is -0.951. The van der Waals surface area contributed by atoms with E-state index in [4.69, 9.17) is 27.9 Å². The Labute approximate surface area is 207 Å². The number of thiophene rings is 1. The predicted molar refractivity (Wildman–Crippen MR) is 134 cm³/mol. The number of hydrogen-bond donors (Lipinski definition) is 2. The van der Waals surface area contributed by atoms with Crippen LogP contribution in [-0.2, 0) is 9.59 Å². The summed E-state index contributed by atoms with van der Waals surface area (Å²) in [5.41, 5.74) is 3.09. The molecule has 0 spiro atoms. The first-order chi connectivity index (χ1) is 16.4. The number of amides is 2. The highest BCUT2D eigenvalue weighted by Crippen LogP contribution is 2.35. The molecule has 0 saturated heterocycles. The van der Waals surface area contributed by atoms with Gasteiger partial charge in [-0.2, -0.15) is 5.10 Å². The van der Waals surface area contributed by atoms with Crippen LogP contribution in [0.15, 0.2) is 77.9 Å². The maximum atomic E-state index is 12.6. The molecule has 10 heteroatoms. The van der Waals surface area contributed by atoms with Gasteiger partial charge in [-0.15, -0.1) is 11.3 Å². The lowest BCUT2D eigenvalue weighted by atomic mass is 10.2. The molecule has 0 saturated carbocycles. The zero-order valence-corrected chi connectivity index (χ0v) is 19.6. The molecular formula is C24H15Cl2N3O4S. The van der Waals surface area contributed by atoms with Crippen LogP contribution >= 0.6 is 34.5 Å². The summed E-state index contributed by atoms with van der Waals surface area (Å²) in [6, 6.07) is 20.2. The smallest absolute Gasteiger partial charge is 0.355 e. The molecule has 2 N–H and O–H groups in total. The lowest BCUT2D eigenvalue weighted by molar-refractivity contribution is -0.136. The molecule has 34 heavy (non-hydrogen) atoms. The maximum absolute atomic E-state index is 12.6. The summed E-state index contributed by atoms with van der Waals surface area (Å²) in [6.45, 7) is 0. The highest BCUT2D eigenvalue weighted by molar-refractivity contribution is 7.21. The molecule has 7 nitrogen and oxygen atoms in total. The van der Waals surface area contributed by atoms with Gasteiger partial charge in [-0.1, -0.05) is 53.5 Å². The van der Waals surface area contributed by atoms with Gasteiger partial charge in [0.05, 0.1) is 11.2 Å². The van der Waals surface area contributed by atoms with Gasteiger partial charge in [-0.3, -0.25) is 9.59 Å². The van der Waals surface area contributed by atoms with Crippen LogP contribution in [0.1, 0.15) is 15.2 Å². The van der Waals surface area contributed by atoms with Crippen LogP contribution in [0.4, 0.5) is 5.69 Å². The van der Waals surface area contributed by atoms with E-state index in [9.17, 15) is 14.4 Å². The van der Waals surface area contributed by atoms with Crippen molar-refractivity contribution in [3.05, 3.63) is 93.3 Å². The van der Waals surface area contributed by atoms with Crippen LogP contribution in [0.5, 0.6) is 5.75 Å². The molecule has 4 aromatic rings. The Balaban J connectivity index is 1.36. The molecule has 1 aromatic heterocycles. The van der Waals surface area contributed by atoms with Gasteiger partial charge in [0.2, 0.25) is 0 Å². The highest BCUT2D eigenvalue weighted by atomic mass is 35.5. The lowest BCUT2D eigenvalue weighted by Gasteiger charge is -2.05. The maximum Gasteiger partial charge on any atom is 0.355 e. The van der Waals surface area contributed by atoms with Crippen LogP contribution in [0.2, 0.25) is 10.0 Å². The Morgan fingerprint density at radius 3 is 2.44 bits per heavy atom. The number of hydrogen-bond acceptors (Lipinski definition) is 6. The fourth-order valence-electron chi connectivity index (χ4n) is 2.89. The van der Waals surface area contributed by atoms with E-state index < -0.39 is 17.8 Å². The summed E-state index contributed by atoms with van der Waals surface area (Å²) in [5.74, 6) is -2.14. The SMILES string of the molecule is O=C(NN=Cc1cccc(OC(=O)c2sc3ccccc3c2Cl)c1)C(=O)Nc1ccc(Cl)cc1. The molecule has 2 amide bonds. The monoisotopic (exact) mass is 511 g/mol. The molecule has 0 aliphatic rings. The number of hydrazone groups is 1. The molecule has 0 atom stereocenters. The third-order valence-corrected chi connectivity index (χ3v) is 6.38. The second-order valence-electron chi connectivity index (χ2n) is 6.86. The predicted octanol–water partition coefficient (Wildman–Crippen LogP) is 5.52. The van der Waals surface area contributed by atoms with Gasteiger partial charge < -0.3 is 10.1 Å². The largest absolute Gasteiger partial charge is 0.422 e. The van der Waals surface area contributed by atoms with E-state index in [-0.39, 0.29) is 5.75 Å². The van der Waals surface area contributed by atoms with E-state index in [1.54, 1.807) is 48.5 Å². The number of carbonyl (C=O) groups excluding carboxylic acids is 3. The average Bonchev–Trinajstić information content (AvgIpc) is 3.17. The van der Waals surface area contributed by atoms with Gasteiger partial charge in [0.1, 0.15) is 10.6 Å². The van der Waals surface area contributed by atoms with Crippen molar-refractivity contribution in [2.45, 2.75) is 0 Å². The Morgan fingerprint density at radius 2 is 1.68 bits per heavy atom. The van der Waals surface area contributed by atoms with Crippen LogP contribution in [0, 0.1) is 0 Å². The number of ether oxygens (including phenoxy) is 1. The highest BCUT2D eigenvalue weighted by Gasteiger charge is 2.19. The van der Waals surface area contributed by atoms with E-state index >= 15 is 0 Å². The fraction of sp³-hybridized carbons (Fsp3) is 0. The van der Waals surface area contributed by atoms with Gasteiger partial charge in [-0.25, -0.2) is 10.2 Å². The fourth-order valence-corrected chi connectivity index (χ4v) is 4.41. The Kier molecular flexibility index (Phi) is 7.22. The number of carbonyl (C=O) groups is 3. The van der Waals surface area contributed by atoms with Gasteiger partial charge in [0.25, 0.3) is 0 Å². The Hall–Kier alpha value is -3.72. The van der Waals surface area contributed by atoms with E-state index in [1.807, 2.05) is 24.3 Å². The number of anilines is 1. The minimum absolute atomic E-state index is 0.272. The van der Waals surface area contributed by atoms with Gasteiger partial charge in [0, 0.05) is 20.8 Å². The molecule has 3 aromatic carbocycles. The topological polar surface area (TPSA) is 96.9 Å². The van der Waals surface area contributed by atoms with Gasteiger partial charge >= 0.3 is 17.8 Å². The number of fused-ring (bicyclic) bond motifs is 1. The third kappa shape index (κ3) is 5.60. The lowest BCUT2D eigenvalue weighted by Crippen LogP contribution is -2.32. The summed E-state index contributed by atoms with van der Waals surface area (Å²) in [5, 5.41) is 7.85. The molecule has 0 aliphatic carbocycles. The van der Waals surface area contributed by atoms with Crippen LogP contribution < -0.4 is 15.5 Å². The minimum Gasteiger partial charge on any atom is -0.422 e. The zero-order valence-electron chi connectivity index (χ0n) is 17.2. The van der Waals surface area contributed by atoms with E-state index in [2.05, 4.69) is 15.8 Å². The second kappa shape index (κ2) is 10.5. The van der Waals surface area contributed by atoms with Crippen molar-refractivity contribution in [1.82, 2.24) is 5.43 Å². The van der Waals surface area contributed by atoms with Crippen molar-refractivity contribution in [1.29, 1.82) is 0 Å². The molecular weight excluding hydrogens is 497 g/mol. The van der Waals surface area contributed by atoms with Crippen molar-refractivity contribution < 1.29 is 19.1 Å². The average molecular weight is 512 g/mol. The quantitative estimate of drug-likeness (QED) is 0.121. The summed E-state index contributed by atoms with van der Waals surface area (Å²) in [7, 11) is 0. The molecule has 0 fully saturated rings. The van der Waals surface area contributed by atoms with Crippen LogP contribution in [0.25, 0.3) is 10.1 Å². The molecule has 0 unspecified atom stereocenters. The van der Waals surface area contributed by atoms with Crippen molar-refractivity contribution in [2.24, 2.45) is 5.10 Å². The number of nitrogens with one attached hydrogen (secondary N) is 2. The Bertz CT molecular complexity index is 1420. The standard InChI is InChI=1S/C24H15Cl2N3O4S/c25-15-8-10-16(11-9-15)28-22(30)23(31)29-27-13-14-4-3-5-17(12-14)33-24(32)21-20(26)18-6-1-2-7-19(18)34-21/h1-13H,(H,28,30)(H,29,31). The van der Waals surface area contributed by atoms with Crippen molar-refractivity contribution in [3.8, 4) is 5.75 Å². The van der Waals surface area contributed by atoms with Crippen molar-refractivity contribution >= 4 is 74.3 Å². The summed E-state index contributed by atoms with van der Waals surface area (Å²) in [4.78, 5) is 36.8. The summed E-state index contributed by atoms with van der Waals surface area (Å²) >= 11 is 13.4. The second-order valence-corrected chi connectivity index (χ2v) is 8.73. The number of rotatable bonds is 5. The first-order valence-corrected chi connectivity index (χ1v) is 11.4. The number of esters is 1. The van der Waals surface area contributed by atoms with E-state index in [1.165, 1.54) is 17.6 Å². The molecule has 1 heterocycles. The van der Waals surface area contributed by atoms with Crippen molar-refractivity contribution in [3.63, 3.8) is 0 Å². The molecule has 0 bridgehead atoms. The van der Waals surface area contributed by atoms with Gasteiger partial charge in [0.15, 0.2) is 0 Å². The summed E-state index contributed by atoms with van der Waals surface area (Å²) in [6.07, 6.45) is 1.32. The normalized spacial score (nSPS) is 10.9. The number of benzene rings is 3. The molecule has 0 radical (unpaired) electrons. The van der Waals surface area contributed by atoms with Gasteiger partial charge in [-0.05, 0) is 48.0 Å². The van der Waals surface area contributed by atoms with Crippen LogP contribution in [0.3, 0.4) is 0 Å². The zero-order chi connectivity index (χ0) is 24.1. The van der Waals surface area contributed by atoms with E-state index in [0.717, 1.165) is 10.1 Å². The first-order valence-electron chi connectivity index (χ1n) is 9.80. The van der Waals surface area contributed by atoms with E-state index in [0.29, 0.717) is 26.2 Å².